The van der Waals surface area contributed by atoms with Crippen LogP contribution in [0.15, 0.2) is 36.9 Å². The summed E-state index contributed by atoms with van der Waals surface area (Å²) in [6, 6.07) is 10.1. The molecular weight excluding hydrogens is 244 g/mol. The van der Waals surface area contributed by atoms with Crippen molar-refractivity contribution in [2.24, 2.45) is 5.41 Å². The molecule has 0 unspecified atom stereocenters. The first kappa shape index (κ1) is 16.7. The molecule has 0 N–H and O–H groups in total. The van der Waals surface area contributed by atoms with Gasteiger partial charge in [-0.15, -0.1) is 0 Å². The van der Waals surface area contributed by atoms with E-state index in [1.807, 2.05) is 18.2 Å². The van der Waals surface area contributed by atoms with Crippen LogP contribution in [0, 0.1) is 5.41 Å². The van der Waals surface area contributed by atoms with Gasteiger partial charge in [0.05, 0.1) is 5.41 Å². The molecular formula is C19H28O. The summed E-state index contributed by atoms with van der Waals surface area (Å²) in [5, 5.41) is 0. The average molecular weight is 272 g/mol. The minimum atomic E-state index is -0.371. The molecule has 1 atom stereocenters. The molecule has 0 bridgehead atoms. The van der Waals surface area contributed by atoms with Crippen molar-refractivity contribution < 1.29 is 4.79 Å². The number of carbonyl (C=O) groups excluding carboxylic acids is 1. The van der Waals surface area contributed by atoms with E-state index in [-0.39, 0.29) is 5.41 Å². The second-order valence-electron chi connectivity index (χ2n) is 5.68. The monoisotopic (exact) mass is 272 g/mol. The van der Waals surface area contributed by atoms with Crippen LogP contribution < -0.4 is 0 Å². The standard InChI is InChI=1S/C19H28O/c1-4-6-7-11-15-19(16-20,14-5-2)17(3)18-12-9-8-10-13-18/h8-10,12-13,16H,3-7,11,14-15H2,1-2H3/t19-/m0/s1. The topological polar surface area (TPSA) is 17.1 Å². The first-order chi connectivity index (χ1) is 9.70. The number of allylic oxidation sites excluding steroid dienone is 1. The van der Waals surface area contributed by atoms with Crippen LogP contribution in [0.25, 0.3) is 5.57 Å². The molecule has 1 nitrogen and oxygen atoms in total. The molecule has 1 aromatic carbocycles. The smallest absolute Gasteiger partial charge is 0.130 e. The van der Waals surface area contributed by atoms with Gasteiger partial charge >= 0.3 is 0 Å². The number of hydrogen-bond donors (Lipinski definition) is 0. The van der Waals surface area contributed by atoms with Gasteiger partial charge in [-0.2, -0.15) is 0 Å². The van der Waals surface area contributed by atoms with Crippen LogP contribution >= 0.6 is 0 Å². The van der Waals surface area contributed by atoms with E-state index in [4.69, 9.17) is 0 Å². The molecule has 0 aliphatic rings. The highest BCUT2D eigenvalue weighted by molar-refractivity contribution is 5.84. The third-order valence-corrected chi connectivity index (χ3v) is 4.12. The van der Waals surface area contributed by atoms with Crippen molar-refractivity contribution in [3.05, 3.63) is 42.5 Å². The van der Waals surface area contributed by atoms with E-state index in [0.717, 1.165) is 43.1 Å². The highest BCUT2D eigenvalue weighted by Crippen LogP contribution is 2.40. The van der Waals surface area contributed by atoms with Crippen molar-refractivity contribution >= 4 is 11.9 Å². The lowest BCUT2D eigenvalue weighted by molar-refractivity contribution is -0.114. The van der Waals surface area contributed by atoms with Gasteiger partial charge in [-0.3, -0.25) is 0 Å². The highest BCUT2D eigenvalue weighted by atomic mass is 16.1. The maximum atomic E-state index is 11.8. The molecule has 0 amide bonds. The third-order valence-electron chi connectivity index (χ3n) is 4.12. The van der Waals surface area contributed by atoms with Crippen LogP contribution in [0.1, 0.15) is 64.4 Å². The molecule has 110 valence electrons. The first-order valence-corrected chi connectivity index (χ1v) is 7.91. The Bertz CT molecular complexity index is 407. The predicted molar refractivity (Wildman–Crippen MR) is 87.6 cm³/mol. The zero-order valence-corrected chi connectivity index (χ0v) is 13.0. The Balaban J connectivity index is 2.86. The second-order valence-corrected chi connectivity index (χ2v) is 5.68. The molecule has 1 heteroatoms. The van der Waals surface area contributed by atoms with Crippen molar-refractivity contribution in [2.45, 2.75) is 58.8 Å². The number of unbranched alkanes of at least 4 members (excludes halogenated alkanes) is 3. The van der Waals surface area contributed by atoms with Gasteiger partial charge in [-0.05, 0) is 24.0 Å². The normalized spacial score (nSPS) is 13.7. The predicted octanol–water partition coefficient (Wildman–Crippen LogP) is 5.66. The van der Waals surface area contributed by atoms with Crippen molar-refractivity contribution in [1.82, 2.24) is 0 Å². The van der Waals surface area contributed by atoms with Gasteiger partial charge in [0, 0.05) is 0 Å². The molecule has 1 rings (SSSR count). The van der Waals surface area contributed by atoms with Gasteiger partial charge in [0.25, 0.3) is 0 Å². The van der Waals surface area contributed by atoms with E-state index in [2.05, 4.69) is 32.6 Å². The molecule has 20 heavy (non-hydrogen) atoms. The summed E-state index contributed by atoms with van der Waals surface area (Å²) in [6.45, 7) is 8.61. The zero-order chi connectivity index (χ0) is 14.8. The van der Waals surface area contributed by atoms with E-state index < -0.39 is 0 Å². The van der Waals surface area contributed by atoms with E-state index >= 15 is 0 Å². The fourth-order valence-electron chi connectivity index (χ4n) is 2.86. The zero-order valence-electron chi connectivity index (χ0n) is 13.0. The fraction of sp³-hybridized carbons (Fsp3) is 0.526. The summed E-state index contributed by atoms with van der Waals surface area (Å²) in [6.07, 6.45) is 8.78. The number of aldehydes is 1. The number of rotatable bonds is 10. The number of hydrogen-bond acceptors (Lipinski definition) is 1. The Morgan fingerprint density at radius 3 is 2.30 bits per heavy atom. The minimum absolute atomic E-state index is 0.371. The number of benzene rings is 1. The molecule has 1 aromatic rings. The Morgan fingerprint density at radius 2 is 1.75 bits per heavy atom. The second kappa shape index (κ2) is 8.73. The molecule has 0 saturated carbocycles. The fourth-order valence-corrected chi connectivity index (χ4v) is 2.86. The lowest BCUT2D eigenvalue weighted by Crippen LogP contribution is -2.24. The minimum Gasteiger partial charge on any atom is -0.302 e. The molecule has 0 spiro atoms. The molecule has 0 heterocycles. The van der Waals surface area contributed by atoms with Crippen LogP contribution in [0.3, 0.4) is 0 Å². The van der Waals surface area contributed by atoms with Gasteiger partial charge < -0.3 is 4.79 Å². The van der Waals surface area contributed by atoms with Crippen molar-refractivity contribution in [3.8, 4) is 0 Å². The summed E-state index contributed by atoms with van der Waals surface area (Å²) >= 11 is 0. The van der Waals surface area contributed by atoms with Crippen molar-refractivity contribution in [2.75, 3.05) is 0 Å². The number of carbonyl (C=O) groups is 1. The summed E-state index contributed by atoms with van der Waals surface area (Å²) in [4.78, 5) is 11.8. The average Bonchev–Trinajstić information content (AvgIpc) is 2.50. The highest BCUT2D eigenvalue weighted by Gasteiger charge is 2.32. The van der Waals surface area contributed by atoms with E-state index in [0.29, 0.717) is 0 Å². The SMILES string of the molecule is C=C(c1ccccc1)[C@@](C=O)(CCC)CCCCCC. The third kappa shape index (κ3) is 4.33. The Labute approximate surface area is 124 Å². The Morgan fingerprint density at radius 1 is 1.05 bits per heavy atom. The molecule has 0 radical (unpaired) electrons. The lowest BCUT2D eigenvalue weighted by Gasteiger charge is -2.30. The maximum absolute atomic E-state index is 11.8. The summed E-state index contributed by atoms with van der Waals surface area (Å²) in [7, 11) is 0. The van der Waals surface area contributed by atoms with Gasteiger partial charge in [0.2, 0.25) is 0 Å². The molecule has 0 saturated heterocycles. The largest absolute Gasteiger partial charge is 0.302 e. The van der Waals surface area contributed by atoms with Crippen molar-refractivity contribution in [3.63, 3.8) is 0 Å². The summed E-state index contributed by atoms with van der Waals surface area (Å²) in [5.74, 6) is 0. The Kier molecular flexibility index (Phi) is 7.28. The van der Waals surface area contributed by atoms with Crippen LogP contribution in [-0.2, 0) is 4.79 Å². The van der Waals surface area contributed by atoms with Gasteiger partial charge in [-0.1, -0.05) is 82.9 Å². The van der Waals surface area contributed by atoms with Gasteiger partial charge in [0.1, 0.15) is 6.29 Å². The van der Waals surface area contributed by atoms with E-state index in [1.165, 1.54) is 19.3 Å². The van der Waals surface area contributed by atoms with E-state index in [9.17, 15) is 4.79 Å². The van der Waals surface area contributed by atoms with Gasteiger partial charge in [0.15, 0.2) is 0 Å². The maximum Gasteiger partial charge on any atom is 0.130 e. The lowest BCUT2D eigenvalue weighted by atomic mass is 9.72. The quantitative estimate of drug-likeness (QED) is 0.397. The molecule has 0 fully saturated rings. The van der Waals surface area contributed by atoms with Crippen LogP contribution in [0.5, 0.6) is 0 Å². The molecule has 0 aliphatic heterocycles. The molecule has 0 aromatic heterocycles. The summed E-state index contributed by atoms with van der Waals surface area (Å²) in [5.41, 5.74) is 1.72. The summed E-state index contributed by atoms with van der Waals surface area (Å²) < 4.78 is 0. The van der Waals surface area contributed by atoms with Crippen molar-refractivity contribution in [1.29, 1.82) is 0 Å². The van der Waals surface area contributed by atoms with Crippen LogP contribution in [0.2, 0.25) is 0 Å². The first-order valence-electron chi connectivity index (χ1n) is 7.91. The van der Waals surface area contributed by atoms with Crippen LogP contribution in [0.4, 0.5) is 0 Å². The Hall–Kier alpha value is -1.37. The van der Waals surface area contributed by atoms with E-state index in [1.54, 1.807) is 0 Å². The van der Waals surface area contributed by atoms with Gasteiger partial charge in [-0.25, -0.2) is 0 Å². The van der Waals surface area contributed by atoms with Crippen LogP contribution in [-0.4, -0.2) is 6.29 Å². The molecule has 0 aliphatic carbocycles.